The van der Waals surface area contributed by atoms with Crippen LogP contribution >= 0.6 is 0 Å². The van der Waals surface area contributed by atoms with Crippen LogP contribution in [0.2, 0.25) is 0 Å². The van der Waals surface area contributed by atoms with Crippen LogP contribution < -0.4 is 0 Å². The van der Waals surface area contributed by atoms with Gasteiger partial charge >= 0.3 is 17.9 Å². The van der Waals surface area contributed by atoms with Gasteiger partial charge in [0.25, 0.3) is 6.29 Å². The van der Waals surface area contributed by atoms with Crippen LogP contribution in [0.25, 0.3) is 0 Å². The minimum Gasteiger partial charge on any atom is -0.477 e. The molecule has 0 aromatic carbocycles. The van der Waals surface area contributed by atoms with Gasteiger partial charge < -0.3 is 28.5 Å². The van der Waals surface area contributed by atoms with E-state index in [4.69, 9.17) is 18.9 Å². The lowest BCUT2D eigenvalue weighted by Gasteiger charge is -2.25. The first-order valence-corrected chi connectivity index (χ1v) is 26.4. The molecular formula is C58H98NO8+. The lowest BCUT2D eigenvalue weighted by molar-refractivity contribution is -0.870. The number of aliphatic carboxylic acids is 1. The molecule has 9 heteroatoms. The lowest BCUT2D eigenvalue weighted by atomic mass is 10.1. The topological polar surface area (TPSA) is 108 Å². The maximum Gasteiger partial charge on any atom is 0.361 e. The summed E-state index contributed by atoms with van der Waals surface area (Å²) in [6.45, 7) is 4.68. The first kappa shape index (κ1) is 63.2. The van der Waals surface area contributed by atoms with E-state index in [0.717, 1.165) is 116 Å². The van der Waals surface area contributed by atoms with Crippen molar-refractivity contribution in [2.75, 3.05) is 47.5 Å². The molecule has 0 aliphatic carbocycles. The Hall–Kier alpha value is -3.79. The van der Waals surface area contributed by atoms with Gasteiger partial charge in [-0.05, 0) is 89.9 Å². The highest BCUT2D eigenvalue weighted by Crippen LogP contribution is 2.14. The third kappa shape index (κ3) is 49.9. The van der Waals surface area contributed by atoms with Gasteiger partial charge in [-0.3, -0.25) is 9.59 Å². The maximum absolute atomic E-state index is 12.8. The van der Waals surface area contributed by atoms with E-state index >= 15 is 0 Å². The average Bonchev–Trinajstić information content (AvgIpc) is 3.29. The van der Waals surface area contributed by atoms with Crippen LogP contribution in [0.1, 0.15) is 194 Å². The summed E-state index contributed by atoms with van der Waals surface area (Å²) < 4.78 is 22.7. The Morgan fingerprint density at radius 1 is 0.463 bits per heavy atom. The normalized spacial score (nSPS) is 13.6. The molecule has 9 nitrogen and oxygen atoms in total. The predicted molar refractivity (Wildman–Crippen MR) is 281 cm³/mol. The second-order valence-corrected chi connectivity index (χ2v) is 18.4. The second kappa shape index (κ2) is 48.7. The molecule has 0 spiro atoms. The van der Waals surface area contributed by atoms with Crippen molar-refractivity contribution < 1.29 is 42.9 Å². The number of allylic oxidation sites excluding steroid dienone is 16. The predicted octanol–water partition coefficient (Wildman–Crippen LogP) is 15.0. The van der Waals surface area contributed by atoms with Gasteiger partial charge in [0.2, 0.25) is 0 Å². The Labute approximate surface area is 410 Å². The summed E-state index contributed by atoms with van der Waals surface area (Å²) in [6, 6.07) is 0. The van der Waals surface area contributed by atoms with E-state index in [-0.39, 0.29) is 38.6 Å². The fraction of sp³-hybridized carbons (Fsp3) is 0.672. The molecule has 2 atom stereocenters. The molecule has 2 unspecified atom stereocenters. The molecule has 0 aromatic rings. The SMILES string of the molecule is CC/C=C\C/C=C\C/C=C\C/C=C\C/C=C\C/C=C\C/C=C\CCCCCCCCCCCC(=O)OC(COC(=O)CCCCCCC/C=C\CCCC)COC(OCC[N+](C)(C)C)C(=O)O. The highest BCUT2D eigenvalue weighted by molar-refractivity contribution is 5.71. The first-order chi connectivity index (χ1) is 32.6. The molecule has 67 heavy (non-hydrogen) atoms. The molecule has 0 aromatic heterocycles. The molecule has 0 aliphatic rings. The third-order valence-electron chi connectivity index (χ3n) is 10.8. The summed E-state index contributed by atoms with van der Waals surface area (Å²) in [5, 5.41) is 9.66. The highest BCUT2D eigenvalue weighted by Gasteiger charge is 2.25. The molecule has 382 valence electrons. The highest BCUT2D eigenvalue weighted by atomic mass is 16.7. The Morgan fingerprint density at radius 3 is 1.28 bits per heavy atom. The summed E-state index contributed by atoms with van der Waals surface area (Å²) in [5.74, 6) is -2.04. The van der Waals surface area contributed by atoms with Gasteiger partial charge in [0.05, 0.1) is 34.4 Å². The molecule has 0 aliphatic heterocycles. The van der Waals surface area contributed by atoms with E-state index in [1.807, 2.05) is 21.1 Å². The van der Waals surface area contributed by atoms with E-state index in [0.29, 0.717) is 17.4 Å². The summed E-state index contributed by atoms with van der Waals surface area (Å²) in [4.78, 5) is 37.2. The quantitative estimate of drug-likeness (QED) is 0.0211. The first-order valence-electron chi connectivity index (χ1n) is 26.4. The number of likely N-dealkylation sites (N-methyl/N-ethyl adjacent to an activating group) is 1. The van der Waals surface area contributed by atoms with Gasteiger partial charge in [-0.25, -0.2) is 4.79 Å². The van der Waals surface area contributed by atoms with Crippen molar-refractivity contribution in [3.05, 3.63) is 97.2 Å². The number of hydrogen-bond acceptors (Lipinski definition) is 7. The zero-order chi connectivity index (χ0) is 49.2. The zero-order valence-corrected chi connectivity index (χ0v) is 43.3. The number of carbonyl (C=O) groups excluding carboxylic acids is 2. The third-order valence-corrected chi connectivity index (χ3v) is 10.8. The average molecular weight is 937 g/mol. The van der Waals surface area contributed by atoms with Crippen molar-refractivity contribution in [3.8, 4) is 0 Å². The standard InChI is InChI=1S/C58H97NO8/c1-6-8-10-12-14-16-18-19-20-21-22-23-24-25-26-27-28-29-30-31-32-33-34-35-36-37-39-41-43-45-47-49-56(61)67-54(53-66-58(57(62)63)64-51-50-59(3,4)5)52-65-55(60)48-46-44-42-40-38-17-15-13-11-9-7-2/h8,10,13-16,19-20,22-23,25-26,28-29,31-32,54,58H,6-7,9,11-12,17-18,21,24,27,30,33-53H2,1-5H3/p+1/b10-8-,15-13-,16-14-,20-19-,23-22-,26-25-,29-28-,32-31-. The van der Waals surface area contributed by atoms with Crippen molar-refractivity contribution in [1.82, 2.24) is 0 Å². The number of quaternary nitrogens is 1. The molecule has 0 fully saturated rings. The fourth-order valence-corrected chi connectivity index (χ4v) is 6.74. The van der Waals surface area contributed by atoms with Crippen LogP contribution in [0.5, 0.6) is 0 Å². The monoisotopic (exact) mass is 937 g/mol. The van der Waals surface area contributed by atoms with Crippen LogP contribution in [0.15, 0.2) is 97.2 Å². The minimum absolute atomic E-state index is 0.181. The van der Waals surface area contributed by atoms with Crippen LogP contribution in [-0.2, 0) is 33.3 Å². The smallest absolute Gasteiger partial charge is 0.361 e. The molecular weight excluding hydrogens is 839 g/mol. The summed E-state index contributed by atoms with van der Waals surface area (Å²) >= 11 is 0. The number of carboxylic acids is 1. The van der Waals surface area contributed by atoms with E-state index in [2.05, 4.69) is 111 Å². The van der Waals surface area contributed by atoms with Crippen LogP contribution in [-0.4, -0.2) is 87.4 Å². The van der Waals surface area contributed by atoms with E-state index in [1.165, 1.54) is 44.9 Å². The van der Waals surface area contributed by atoms with Crippen molar-refractivity contribution in [2.45, 2.75) is 206 Å². The van der Waals surface area contributed by atoms with E-state index in [1.54, 1.807) is 0 Å². The number of esters is 2. The maximum atomic E-state index is 12.8. The van der Waals surface area contributed by atoms with Gasteiger partial charge in [-0.2, -0.15) is 0 Å². The number of nitrogens with zero attached hydrogens (tertiary/aromatic N) is 1. The number of ether oxygens (including phenoxy) is 4. The molecule has 0 saturated heterocycles. The van der Waals surface area contributed by atoms with Crippen molar-refractivity contribution in [1.29, 1.82) is 0 Å². The molecule has 0 bridgehead atoms. The number of hydrogen-bond donors (Lipinski definition) is 1. The molecule has 0 amide bonds. The fourth-order valence-electron chi connectivity index (χ4n) is 6.74. The lowest BCUT2D eigenvalue weighted by Crippen LogP contribution is -2.40. The van der Waals surface area contributed by atoms with Gasteiger partial charge in [-0.1, -0.05) is 188 Å². The van der Waals surface area contributed by atoms with Gasteiger partial charge in [0.15, 0.2) is 6.10 Å². The van der Waals surface area contributed by atoms with Crippen molar-refractivity contribution in [2.24, 2.45) is 0 Å². The summed E-state index contributed by atoms with van der Waals surface area (Å²) in [7, 11) is 5.95. The van der Waals surface area contributed by atoms with Crippen LogP contribution in [0.4, 0.5) is 0 Å². The second-order valence-electron chi connectivity index (χ2n) is 18.4. The Morgan fingerprint density at radius 2 is 0.851 bits per heavy atom. The van der Waals surface area contributed by atoms with Gasteiger partial charge in [-0.15, -0.1) is 0 Å². The molecule has 0 saturated carbocycles. The number of carbonyl (C=O) groups is 3. The number of carboxylic acid groups (broad SMARTS) is 1. The Kier molecular flexibility index (Phi) is 45.9. The summed E-state index contributed by atoms with van der Waals surface area (Å²) in [5.41, 5.74) is 0. The van der Waals surface area contributed by atoms with Crippen molar-refractivity contribution >= 4 is 17.9 Å². The van der Waals surface area contributed by atoms with Gasteiger partial charge in [0, 0.05) is 12.8 Å². The van der Waals surface area contributed by atoms with Gasteiger partial charge in [0.1, 0.15) is 13.2 Å². The van der Waals surface area contributed by atoms with E-state index < -0.39 is 24.3 Å². The minimum atomic E-state index is -1.52. The number of unbranched alkanes of at least 4 members (excludes halogenated alkanes) is 16. The zero-order valence-electron chi connectivity index (χ0n) is 43.3. The summed E-state index contributed by atoms with van der Waals surface area (Å²) in [6.07, 6.45) is 62.0. The van der Waals surface area contributed by atoms with Crippen LogP contribution in [0, 0.1) is 0 Å². The van der Waals surface area contributed by atoms with Crippen LogP contribution in [0.3, 0.4) is 0 Å². The van der Waals surface area contributed by atoms with E-state index in [9.17, 15) is 19.5 Å². The van der Waals surface area contributed by atoms with Crippen molar-refractivity contribution in [3.63, 3.8) is 0 Å². The Bertz CT molecular complexity index is 1420. The molecule has 0 radical (unpaired) electrons. The molecule has 0 rings (SSSR count). The molecule has 0 heterocycles. The number of rotatable bonds is 47. The Balaban J connectivity index is 4.24. The molecule has 1 N–H and O–H groups in total. The largest absolute Gasteiger partial charge is 0.477 e.